The number of ether oxygens (including phenoxy) is 2. The van der Waals surface area contributed by atoms with Gasteiger partial charge in [0, 0.05) is 5.02 Å². The molecule has 21 heavy (non-hydrogen) atoms. The van der Waals surface area contributed by atoms with E-state index in [9.17, 15) is 9.59 Å². The van der Waals surface area contributed by atoms with Gasteiger partial charge in [-0.2, -0.15) is 0 Å². The van der Waals surface area contributed by atoms with E-state index in [4.69, 9.17) is 11.6 Å². The largest absolute Gasteiger partial charge is 0.465 e. The van der Waals surface area contributed by atoms with E-state index in [2.05, 4.69) is 9.47 Å². The molecule has 0 saturated heterocycles. The van der Waals surface area contributed by atoms with Crippen molar-refractivity contribution in [2.24, 2.45) is 0 Å². The Labute approximate surface area is 127 Å². The number of carbonyl (C=O) groups excluding carboxylic acids is 2. The summed E-state index contributed by atoms with van der Waals surface area (Å²) in [6.45, 7) is 0. The Balaban J connectivity index is 2.40. The van der Waals surface area contributed by atoms with Crippen LogP contribution in [0.4, 0.5) is 0 Å². The molecule has 4 nitrogen and oxygen atoms in total. The maximum atomic E-state index is 11.6. The number of benzene rings is 2. The predicted molar refractivity (Wildman–Crippen MR) is 79.6 cm³/mol. The summed E-state index contributed by atoms with van der Waals surface area (Å²) in [4.78, 5) is 23.0. The Morgan fingerprint density at radius 2 is 1.38 bits per heavy atom. The third-order valence-electron chi connectivity index (χ3n) is 2.96. The van der Waals surface area contributed by atoms with Crippen LogP contribution in [-0.4, -0.2) is 26.2 Å². The Morgan fingerprint density at radius 1 is 0.810 bits per heavy atom. The number of halogens is 1. The van der Waals surface area contributed by atoms with Gasteiger partial charge in [0.15, 0.2) is 0 Å². The second-order valence-electron chi connectivity index (χ2n) is 4.29. The zero-order valence-corrected chi connectivity index (χ0v) is 12.3. The molecule has 0 saturated carbocycles. The molecule has 0 radical (unpaired) electrons. The van der Waals surface area contributed by atoms with Gasteiger partial charge in [-0.15, -0.1) is 0 Å². The molecule has 0 atom stereocenters. The average molecular weight is 305 g/mol. The molecule has 2 aromatic rings. The predicted octanol–water partition coefficient (Wildman–Crippen LogP) is 3.58. The highest BCUT2D eigenvalue weighted by Crippen LogP contribution is 2.25. The molecule has 0 bridgehead atoms. The first-order valence-corrected chi connectivity index (χ1v) is 6.50. The van der Waals surface area contributed by atoms with Crippen LogP contribution in [0.5, 0.6) is 0 Å². The number of methoxy groups -OCH3 is 2. The van der Waals surface area contributed by atoms with Crippen molar-refractivity contribution in [2.75, 3.05) is 14.2 Å². The minimum Gasteiger partial charge on any atom is -0.465 e. The van der Waals surface area contributed by atoms with Gasteiger partial charge in [-0.25, -0.2) is 9.59 Å². The summed E-state index contributed by atoms with van der Waals surface area (Å²) in [5, 5.41) is 0.435. The second-order valence-corrected chi connectivity index (χ2v) is 4.73. The lowest BCUT2D eigenvalue weighted by Gasteiger charge is -2.07. The zero-order valence-electron chi connectivity index (χ0n) is 11.6. The van der Waals surface area contributed by atoms with Crippen molar-refractivity contribution < 1.29 is 19.1 Å². The summed E-state index contributed by atoms with van der Waals surface area (Å²) in [5.74, 6) is -0.854. The van der Waals surface area contributed by atoms with Crippen LogP contribution in [0.1, 0.15) is 20.7 Å². The van der Waals surface area contributed by atoms with Crippen molar-refractivity contribution in [2.45, 2.75) is 0 Å². The molecule has 5 heteroatoms. The lowest BCUT2D eigenvalue weighted by molar-refractivity contribution is 0.0592. The van der Waals surface area contributed by atoms with Gasteiger partial charge in [0.2, 0.25) is 0 Å². The summed E-state index contributed by atoms with van der Waals surface area (Å²) < 4.78 is 9.33. The molecule has 0 heterocycles. The van der Waals surface area contributed by atoms with Crippen LogP contribution in [0, 0.1) is 0 Å². The first-order valence-electron chi connectivity index (χ1n) is 6.13. The molecule has 2 aromatic carbocycles. The van der Waals surface area contributed by atoms with E-state index < -0.39 is 11.9 Å². The van der Waals surface area contributed by atoms with Gasteiger partial charge in [-0.05, 0) is 41.5 Å². The number of hydrogen-bond acceptors (Lipinski definition) is 4. The quantitative estimate of drug-likeness (QED) is 0.813. The van der Waals surface area contributed by atoms with Crippen LogP contribution in [0.2, 0.25) is 5.02 Å². The first-order chi connectivity index (χ1) is 10.0. The standard InChI is InChI=1S/C16H13ClO4/c1-20-15(18)11-5-3-10(4-6-11)12-7-13(16(19)21-2)9-14(17)8-12/h3-9H,1-2H3. The topological polar surface area (TPSA) is 52.6 Å². The summed E-state index contributed by atoms with van der Waals surface area (Å²) in [5.41, 5.74) is 2.42. The summed E-state index contributed by atoms with van der Waals surface area (Å²) in [6.07, 6.45) is 0. The molecule has 108 valence electrons. The fraction of sp³-hybridized carbons (Fsp3) is 0.125. The Morgan fingerprint density at radius 3 is 1.95 bits per heavy atom. The van der Waals surface area contributed by atoms with E-state index in [-0.39, 0.29) is 0 Å². The van der Waals surface area contributed by atoms with Crippen LogP contribution in [-0.2, 0) is 9.47 Å². The van der Waals surface area contributed by atoms with Gasteiger partial charge >= 0.3 is 11.9 Å². The molecule has 0 aromatic heterocycles. The average Bonchev–Trinajstić information content (AvgIpc) is 2.52. The zero-order chi connectivity index (χ0) is 15.4. The van der Waals surface area contributed by atoms with Crippen molar-refractivity contribution in [1.82, 2.24) is 0 Å². The third-order valence-corrected chi connectivity index (χ3v) is 3.18. The highest BCUT2D eigenvalue weighted by atomic mass is 35.5. The molecule has 0 aliphatic heterocycles. The van der Waals surface area contributed by atoms with Gasteiger partial charge in [-0.1, -0.05) is 23.7 Å². The van der Waals surface area contributed by atoms with E-state index in [0.717, 1.165) is 11.1 Å². The van der Waals surface area contributed by atoms with Crippen LogP contribution in [0.15, 0.2) is 42.5 Å². The monoisotopic (exact) mass is 304 g/mol. The molecule has 0 spiro atoms. The van der Waals surface area contributed by atoms with Crippen LogP contribution in [0.25, 0.3) is 11.1 Å². The maximum Gasteiger partial charge on any atom is 0.337 e. The fourth-order valence-corrected chi connectivity index (χ4v) is 2.14. The van der Waals surface area contributed by atoms with Crippen molar-refractivity contribution in [1.29, 1.82) is 0 Å². The van der Waals surface area contributed by atoms with E-state index in [1.54, 1.807) is 42.5 Å². The molecule has 0 unspecified atom stereocenters. The lowest BCUT2D eigenvalue weighted by atomic mass is 10.0. The number of hydrogen-bond donors (Lipinski definition) is 0. The summed E-state index contributed by atoms with van der Waals surface area (Å²) in [6, 6.07) is 11.8. The molecule has 0 amide bonds. The van der Waals surface area contributed by atoms with E-state index in [1.807, 2.05) is 0 Å². The number of rotatable bonds is 3. The maximum absolute atomic E-state index is 11.6. The summed E-state index contributed by atoms with van der Waals surface area (Å²) >= 11 is 6.02. The van der Waals surface area contributed by atoms with Gasteiger partial charge in [-0.3, -0.25) is 0 Å². The lowest BCUT2D eigenvalue weighted by Crippen LogP contribution is -2.02. The Hall–Kier alpha value is -2.33. The smallest absolute Gasteiger partial charge is 0.337 e. The number of esters is 2. The molecule has 0 aliphatic rings. The molecular weight excluding hydrogens is 292 g/mol. The van der Waals surface area contributed by atoms with Gasteiger partial charge in [0.05, 0.1) is 25.3 Å². The van der Waals surface area contributed by atoms with Crippen molar-refractivity contribution >= 4 is 23.5 Å². The highest BCUT2D eigenvalue weighted by molar-refractivity contribution is 6.31. The SMILES string of the molecule is COC(=O)c1ccc(-c2cc(Cl)cc(C(=O)OC)c2)cc1. The molecule has 2 rings (SSSR count). The Bertz CT molecular complexity index is 677. The molecule has 0 aliphatic carbocycles. The molecule has 0 N–H and O–H groups in total. The number of carbonyl (C=O) groups is 2. The fourth-order valence-electron chi connectivity index (χ4n) is 1.91. The van der Waals surface area contributed by atoms with Gasteiger partial charge < -0.3 is 9.47 Å². The van der Waals surface area contributed by atoms with Gasteiger partial charge in [0.25, 0.3) is 0 Å². The highest BCUT2D eigenvalue weighted by Gasteiger charge is 2.10. The van der Waals surface area contributed by atoms with Crippen LogP contribution < -0.4 is 0 Å². The minimum atomic E-state index is -0.454. The van der Waals surface area contributed by atoms with E-state index in [1.165, 1.54) is 14.2 Å². The van der Waals surface area contributed by atoms with Crippen molar-refractivity contribution in [3.05, 3.63) is 58.6 Å². The normalized spacial score (nSPS) is 10.0. The van der Waals surface area contributed by atoms with E-state index >= 15 is 0 Å². The molecular formula is C16H13ClO4. The Kier molecular flexibility index (Phi) is 4.60. The summed E-state index contributed by atoms with van der Waals surface area (Å²) in [7, 11) is 2.64. The molecule has 0 fully saturated rings. The minimum absolute atomic E-state index is 0.372. The van der Waals surface area contributed by atoms with Crippen LogP contribution in [0.3, 0.4) is 0 Å². The van der Waals surface area contributed by atoms with E-state index in [0.29, 0.717) is 16.1 Å². The third kappa shape index (κ3) is 3.41. The van der Waals surface area contributed by atoms with Crippen molar-refractivity contribution in [3.8, 4) is 11.1 Å². The van der Waals surface area contributed by atoms with Crippen molar-refractivity contribution in [3.63, 3.8) is 0 Å². The first kappa shape index (κ1) is 15.1. The second kappa shape index (κ2) is 6.41. The van der Waals surface area contributed by atoms with Crippen LogP contribution >= 0.6 is 11.6 Å². The van der Waals surface area contributed by atoms with Gasteiger partial charge in [0.1, 0.15) is 0 Å².